The molecule has 0 fully saturated rings. The zero-order chi connectivity index (χ0) is 9.84. The maximum Gasteiger partial charge on any atom is 0.105 e. The maximum absolute atomic E-state index is 5.26. The second-order valence-electron chi connectivity index (χ2n) is 3.27. The van der Waals surface area contributed by atoms with Crippen LogP contribution in [0.2, 0.25) is 0 Å². The van der Waals surface area contributed by atoms with Crippen molar-refractivity contribution < 1.29 is 4.42 Å². The Morgan fingerprint density at radius 2 is 2.38 bits per heavy atom. The van der Waals surface area contributed by atoms with Gasteiger partial charge in [-0.25, -0.2) is 0 Å². The molecule has 0 aromatic carbocycles. The number of hydrogen-bond donors (Lipinski definition) is 1. The third kappa shape index (κ3) is 2.22. The van der Waals surface area contributed by atoms with Crippen molar-refractivity contribution in [2.45, 2.75) is 26.8 Å². The molecule has 0 radical (unpaired) electrons. The molecule has 2 nitrogen and oxygen atoms in total. The summed E-state index contributed by atoms with van der Waals surface area (Å²) in [6.07, 6.45) is 1.72. The van der Waals surface area contributed by atoms with Crippen LogP contribution in [0.1, 0.15) is 31.2 Å². The van der Waals surface area contributed by atoms with E-state index < -0.39 is 0 Å². The van der Waals surface area contributed by atoms with Gasteiger partial charge in [0.15, 0.2) is 0 Å². The normalized spacial score (nSPS) is 12.8. The summed E-state index contributed by atoms with van der Waals surface area (Å²) in [5, 5.41) is 3.37. The van der Waals surface area contributed by atoms with Gasteiger partial charge < -0.3 is 9.73 Å². The molecule has 1 heterocycles. The van der Waals surface area contributed by atoms with E-state index >= 15 is 0 Å². The minimum absolute atomic E-state index is 0.226. The van der Waals surface area contributed by atoms with E-state index in [1.54, 1.807) is 6.26 Å². The smallest absolute Gasteiger partial charge is 0.105 e. The van der Waals surface area contributed by atoms with E-state index in [4.69, 9.17) is 4.42 Å². The fraction of sp³-hybridized carbons (Fsp3) is 0.455. The van der Waals surface area contributed by atoms with Crippen molar-refractivity contribution in [3.63, 3.8) is 0 Å². The van der Waals surface area contributed by atoms with Crippen LogP contribution in [-0.4, -0.2) is 6.54 Å². The lowest BCUT2D eigenvalue weighted by Crippen LogP contribution is -2.21. The first kappa shape index (κ1) is 10.1. The Hall–Kier alpha value is -1.02. The molecular formula is C11H17NO. The van der Waals surface area contributed by atoms with Gasteiger partial charge in [-0.3, -0.25) is 0 Å². The highest BCUT2D eigenvalue weighted by Crippen LogP contribution is 2.23. The highest BCUT2D eigenvalue weighted by atomic mass is 16.3. The van der Waals surface area contributed by atoms with Gasteiger partial charge >= 0.3 is 0 Å². The Kier molecular flexibility index (Phi) is 3.32. The summed E-state index contributed by atoms with van der Waals surface area (Å²) < 4.78 is 5.26. The molecule has 1 unspecified atom stereocenters. The topological polar surface area (TPSA) is 25.2 Å². The van der Waals surface area contributed by atoms with Crippen molar-refractivity contribution in [3.05, 3.63) is 35.8 Å². The maximum atomic E-state index is 5.26. The molecule has 0 amide bonds. The summed E-state index contributed by atoms with van der Waals surface area (Å²) in [4.78, 5) is 0. The summed E-state index contributed by atoms with van der Waals surface area (Å²) in [6, 6.07) is 2.22. The van der Waals surface area contributed by atoms with Crippen LogP contribution in [0, 0.1) is 6.92 Å². The fourth-order valence-corrected chi connectivity index (χ4v) is 1.45. The Bertz CT molecular complexity index is 288. The highest BCUT2D eigenvalue weighted by Gasteiger charge is 2.14. The van der Waals surface area contributed by atoms with Gasteiger partial charge in [0, 0.05) is 5.56 Å². The third-order valence-corrected chi connectivity index (χ3v) is 2.11. The minimum atomic E-state index is 0.226. The predicted octanol–water partition coefficient (Wildman–Crippen LogP) is 2.81. The van der Waals surface area contributed by atoms with Crippen LogP contribution in [0.4, 0.5) is 0 Å². The average Bonchev–Trinajstić information content (AvgIpc) is 2.47. The Labute approximate surface area is 79.6 Å². The SMILES string of the molecule is C=C(C)C(NCC)c1ccoc1C. The molecule has 1 aromatic rings. The van der Waals surface area contributed by atoms with Gasteiger partial charge in [0.1, 0.15) is 5.76 Å². The number of hydrogen-bond acceptors (Lipinski definition) is 2. The summed E-state index contributed by atoms with van der Waals surface area (Å²) in [7, 11) is 0. The molecule has 13 heavy (non-hydrogen) atoms. The van der Waals surface area contributed by atoms with Crippen LogP contribution < -0.4 is 5.32 Å². The van der Waals surface area contributed by atoms with Crippen molar-refractivity contribution in [2.24, 2.45) is 0 Å². The summed E-state index contributed by atoms with van der Waals surface area (Å²) in [6.45, 7) is 11.0. The van der Waals surface area contributed by atoms with E-state index in [2.05, 4.69) is 18.8 Å². The van der Waals surface area contributed by atoms with Crippen molar-refractivity contribution in [3.8, 4) is 0 Å². The number of likely N-dealkylation sites (N-methyl/N-ethyl adjacent to an activating group) is 1. The Balaban J connectivity index is 2.88. The van der Waals surface area contributed by atoms with E-state index in [-0.39, 0.29) is 6.04 Å². The molecule has 0 spiro atoms. The summed E-state index contributed by atoms with van der Waals surface area (Å²) >= 11 is 0. The molecule has 0 aliphatic rings. The monoisotopic (exact) mass is 179 g/mol. The van der Waals surface area contributed by atoms with Gasteiger partial charge in [-0.15, -0.1) is 0 Å². The number of rotatable bonds is 4. The number of nitrogens with one attached hydrogen (secondary N) is 1. The van der Waals surface area contributed by atoms with Crippen molar-refractivity contribution in [1.82, 2.24) is 5.32 Å². The van der Waals surface area contributed by atoms with Gasteiger partial charge in [0.05, 0.1) is 12.3 Å². The molecule has 2 heteroatoms. The highest BCUT2D eigenvalue weighted by molar-refractivity contribution is 5.27. The molecule has 1 aromatic heterocycles. The second kappa shape index (κ2) is 4.28. The molecule has 0 saturated heterocycles. The molecule has 0 aliphatic carbocycles. The van der Waals surface area contributed by atoms with Crippen molar-refractivity contribution in [2.75, 3.05) is 6.54 Å². The van der Waals surface area contributed by atoms with Crippen molar-refractivity contribution in [1.29, 1.82) is 0 Å². The van der Waals surface area contributed by atoms with Crippen LogP contribution in [0.3, 0.4) is 0 Å². The molecule has 1 atom stereocenters. The summed E-state index contributed by atoms with van der Waals surface area (Å²) in [5.41, 5.74) is 2.31. The first-order chi connectivity index (χ1) is 6.16. The van der Waals surface area contributed by atoms with Gasteiger partial charge in [0.25, 0.3) is 0 Å². The number of aryl methyl sites for hydroxylation is 1. The van der Waals surface area contributed by atoms with Gasteiger partial charge in [-0.05, 0) is 26.5 Å². The van der Waals surface area contributed by atoms with Crippen LogP contribution in [0.25, 0.3) is 0 Å². The molecule has 1 N–H and O–H groups in total. The van der Waals surface area contributed by atoms with Gasteiger partial charge in [-0.1, -0.05) is 19.1 Å². The number of furan rings is 1. The minimum Gasteiger partial charge on any atom is -0.469 e. The van der Waals surface area contributed by atoms with Crippen LogP contribution in [0.5, 0.6) is 0 Å². The zero-order valence-corrected chi connectivity index (χ0v) is 8.55. The lowest BCUT2D eigenvalue weighted by Gasteiger charge is -2.17. The van der Waals surface area contributed by atoms with E-state index in [0.717, 1.165) is 17.9 Å². The van der Waals surface area contributed by atoms with E-state index in [0.29, 0.717) is 0 Å². The lowest BCUT2D eigenvalue weighted by atomic mass is 10.0. The fourth-order valence-electron chi connectivity index (χ4n) is 1.45. The lowest BCUT2D eigenvalue weighted by molar-refractivity contribution is 0.519. The second-order valence-corrected chi connectivity index (χ2v) is 3.27. The Morgan fingerprint density at radius 1 is 1.69 bits per heavy atom. The van der Waals surface area contributed by atoms with Crippen LogP contribution in [0.15, 0.2) is 28.9 Å². The molecule has 72 valence electrons. The largest absolute Gasteiger partial charge is 0.469 e. The summed E-state index contributed by atoms with van der Waals surface area (Å²) in [5.74, 6) is 0.967. The van der Waals surface area contributed by atoms with Crippen molar-refractivity contribution >= 4 is 0 Å². The first-order valence-corrected chi connectivity index (χ1v) is 4.59. The van der Waals surface area contributed by atoms with Crippen LogP contribution in [-0.2, 0) is 0 Å². The van der Waals surface area contributed by atoms with E-state index in [1.165, 1.54) is 5.56 Å². The van der Waals surface area contributed by atoms with Gasteiger partial charge in [0.2, 0.25) is 0 Å². The molecule has 0 bridgehead atoms. The molecule has 0 aliphatic heterocycles. The third-order valence-electron chi connectivity index (χ3n) is 2.11. The Morgan fingerprint density at radius 3 is 2.77 bits per heavy atom. The van der Waals surface area contributed by atoms with E-state index in [1.807, 2.05) is 19.9 Å². The van der Waals surface area contributed by atoms with E-state index in [9.17, 15) is 0 Å². The van der Waals surface area contributed by atoms with Crippen LogP contribution >= 0.6 is 0 Å². The quantitative estimate of drug-likeness (QED) is 0.719. The zero-order valence-electron chi connectivity index (χ0n) is 8.55. The first-order valence-electron chi connectivity index (χ1n) is 4.59. The average molecular weight is 179 g/mol. The standard InChI is InChI=1S/C11H17NO/c1-5-12-11(8(2)3)10-6-7-13-9(10)4/h6-7,11-12H,2,5H2,1,3-4H3. The molecule has 1 rings (SSSR count). The van der Waals surface area contributed by atoms with Gasteiger partial charge in [-0.2, -0.15) is 0 Å². The predicted molar refractivity (Wildman–Crippen MR) is 54.7 cm³/mol. The molecular weight excluding hydrogens is 162 g/mol. The molecule has 0 saturated carbocycles.